The van der Waals surface area contributed by atoms with Crippen molar-refractivity contribution >= 4 is 99.4 Å². The number of likely N-dealkylation sites (N-methyl/N-ethyl adjacent to an activating group) is 2. The Balaban J connectivity index is 0.000000954. The lowest BCUT2D eigenvalue weighted by Crippen LogP contribution is -3.00. The molecule has 712 valence electrons. The second-order valence-corrected chi connectivity index (χ2v) is 34.9. The summed E-state index contributed by atoms with van der Waals surface area (Å²) in [6.07, 6.45) is 20.7. The van der Waals surface area contributed by atoms with Gasteiger partial charge in [-0.05, 0) is 195 Å². The minimum atomic E-state index is -0.565. The van der Waals surface area contributed by atoms with Crippen LogP contribution in [0.25, 0.3) is 0 Å². The van der Waals surface area contributed by atoms with Gasteiger partial charge in [0.2, 0.25) is 11.8 Å². The van der Waals surface area contributed by atoms with Crippen LogP contribution in [0, 0.1) is 0 Å². The molecule has 0 bridgehead atoms. The van der Waals surface area contributed by atoms with Gasteiger partial charge in [-0.1, -0.05) is 225 Å². The second kappa shape index (κ2) is 64.7. The fourth-order valence-corrected chi connectivity index (χ4v) is 13.8. The molecule has 2 atom stereocenters. The average molecular weight is 2210 g/mol. The summed E-state index contributed by atoms with van der Waals surface area (Å²) in [5, 5.41) is 10.0. The first-order valence-corrected chi connectivity index (χ1v) is 44.3. The van der Waals surface area contributed by atoms with Crippen LogP contribution in [-0.4, -0.2) is 166 Å². The molecular formula is C103H137Cl4I3N6O14. The van der Waals surface area contributed by atoms with E-state index in [1.165, 1.54) is 24.2 Å². The topological polar surface area (TPSA) is 220 Å². The number of anilines is 1. The summed E-state index contributed by atoms with van der Waals surface area (Å²) in [5.74, 6) is 1.69. The highest BCUT2D eigenvalue weighted by Crippen LogP contribution is 2.30. The Bertz CT molecular complexity index is 4740. The van der Waals surface area contributed by atoms with E-state index < -0.39 is 17.9 Å². The van der Waals surface area contributed by atoms with Crippen LogP contribution in [0.5, 0.6) is 34.5 Å². The van der Waals surface area contributed by atoms with E-state index in [2.05, 4.69) is 94.6 Å². The molecule has 0 aromatic heterocycles. The Morgan fingerprint density at radius 3 is 1.18 bits per heavy atom. The summed E-state index contributed by atoms with van der Waals surface area (Å²) < 4.78 is 41.2. The van der Waals surface area contributed by atoms with Gasteiger partial charge in [0, 0.05) is 43.6 Å². The smallest absolute Gasteiger partial charge is 0.365 e. The van der Waals surface area contributed by atoms with Crippen molar-refractivity contribution in [2.45, 2.75) is 176 Å². The molecule has 9 rings (SSSR count). The van der Waals surface area contributed by atoms with Crippen LogP contribution in [0.15, 0.2) is 218 Å². The number of ether oxygens (including phenoxy) is 7. The van der Waals surface area contributed by atoms with E-state index in [-0.39, 0.29) is 151 Å². The van der Waals surface area contributed by atoms with Gasteiger partial charge in [-0.2, -0.15) is 0 Å². The molecule has 0 fully saturated rings. The largest absolute Gasteiger partial charge is 1.00 e. The number of nitrogens with one attached hydrogen (secondary N) is 3. The van der Waals surface area contributed by atoms with E-state index in [4.69, 9.17) is 79.6 Å². The Labute approximate surface area is 845 Å². The van der Waals surface area contributed by atoms with Crippen molar-refractivity contribution in [3.05, 3.63) is 272 Å². The molecule has 130 heavy (non-hydrogen) atoms. The molecule has 0 heterocycles. The summed E-state index contributed by atoms with van der Waals surface area (Å²) in [6.45, 7) is 5.19. The van der Waals surface area contributed by atoms with Gasteiger partial charge in [0.1, 0.15) is 40.2 Å². The van der Waals surface area contributed by atoms with Crippen LogP contribution in [-0.2, 0) is 43.2 Å². The van der Waals surface area contributed by atoms with Crippen LogP contribution < -0.4 is 121 Å². The number of esters is 4. The van der Waals surface area contributed by atoms with E-state index in [1.807, 2.05) is 69.7 Å². The Hall–Kier alpha value is -8.10. The molecule has 9 aromatic carbocycles. The first kappa shape index (κ1) is 120. The lowest BCUT2D eigenvalue weighted by atomic mass is 10.0. The number of rotatable bonds is 48. The van der Waals surface area contributed by atoms with Crippen LogP contribution >= 0.6 is 46.4 Å². The minimum Gasteiger partial charge on any atom is -1.00 e. The van der Waals surface area contributed by atoms with Crippen molar-refractivity contribution in [3.63, 3.8) is 0 Å². The number of unbranched alkanes of at least 4 members (excludes halogenated alkanes) is 15. The monoisotopic (exact) mass is 2200 g/mol. The number of benzene rings is 9. The predicted octanol–water partition coefficient (Wildman–Crippen LogP) is 14.2. The number of nitrogens with zero attached hydrogens (tertiary/aromatic N) is 3. The summed E-state index contributed by atoms with van der Waals surface area (Å²) >= 11 is 24.1. The highest BCUT2D eigenvalue weighted by Gasteiger charge is 2.34. The van der Waals surface area contributed by atoms with Gasteiger partial charge in [-0.25, -0.2) is 19.2 Å². The Morgan fingerprint density at radius 2 is 0.754 bits per heavy atom. The lowest BCUT2D eigenvalue weighted by Gasteiger charge is -2.33. The summed E-state index contributed by atoms with van der Waals surface area (Å²) in [6, 6.07) is 65.0. The minimum absolute atomic E-state index is 0. The summed E-state index contributed by atoms with van der Waals surface area (Å²) in [5.41, 5.74) is 6.02. The number of carbonyl (C=O) groups excluding carboxylic acids is 7. The number of quaternary nitrogens is 3. The van der Waals surface area contributed by atoms with Crippen molar-refractivity contribution in [1.29, 1.82) is 0 Å². The third-order valence-corrected chi connectivity index (χ3v) is 21.7. The number of carbonyl (C=O) groups is 7. The first-order valence-electron chi connectivity index (χ1n) is 42.8. The molecule has 20 nitrogen and oxygen atoms in total. The van der Waals surface area contributed by atoms with E-state index in [1.54, 1.807) is 127 Å². The maximum atomic E-state index is 12.9. The molecule has 0 aliphatic carbocycles. The van der Waals surface area contributed by atoms with Crippen molar-refractivity contribution in [2.24, 2.45) is 0 Å². The highest BCUT2D eigenvalue weighted by atomic mass is 127. The van der Waals surface area contributed by atoms with E-state index in [0.717, 1.165) is 161 Å². The van der Waals surface area contributed by atoms with Gasteiger partial charge in [-0.15, -0.1) is 0 Å². The third kappa shape index (κ3) is 47.0. The number of hydrogen-bond acceptors (Lipinski definition) is 14. The third-order valence-electron chi connectivity index (χ3n) is 20.3. The van der Waals surface area contributed by atoms with E-state index in [9.17, 15) is 33.6 Å². The number of halogens is 7. The molecule has 0 spiro atoms. The molecule has 2 unspecified atom stereocenters. The zero-order chi connectivity index (χ0) is 89.7. The molecule has 0 saturated carbocycles. The van der Waals surface area contributed by atoms with Gasteiger partial charge in [0.05, 0.1) is 128 Å². The van der Waals surface area contributed by atoms with Crippen molar-refractivity contribution in [2.75, 3.05) is 108 Å². The van der Waals surface area contributed by atoms with Crippen molar-refractivity contribution in [1.82, 2.24) is 15.1 Å². The predicted molar refractivity (Wildman–Crippen MR) is 518 cm³/mol. The summed E-state index contributed by atoms with van der Waals surface area (Å²) in [7, 11) is 18.7. The van der Waals surface area contributed by atoms with Crippen LogP contribution in [0.1, 0.15) is 193 Å². The standard InChI is InChI=1S/C35H44N2O6.C33H40Cl2N2O4.C32H38Cl2N2O4.3CH4.3HI/c1-27(38)36-30-18-16-29(17-19-30)34(39)43-32-22-20-31(21-23-32)41-24-12-7-5-6-8-13-25-42-35(40)33(37(2,3)4)26-28-14-10-9-11-15-28;1-37(2,3)31(23-25-13-9-8-10-14-25)32(38)36-21-11-6-4-5-7-12-22-40-27-16-18-28(19-17-27)41-33(39)29-24-26(34)15-20-30(29)35;1-36(2,3)25-15-13-24(14-16-25)23-30(37)35-21-8-6-4-5-7-9-22-39-26-17-19-27(20-18-26)40-32(38)28-11-10-12-29(33)31(28)34;;;;;;/h9-11,14-23,33H,5-8,12-13,24-26H2,1-4H3;8-10,13-20,24,31H,4-7,11-12,21-23H2,1-3H3;10-20H,4-9,21-23H2,1-3H3;3*1H4;3*1H. The molecule has 0 aliphatic heterocycles. The van der Waals surface area contributed by atoms with Gasteiger partial charge < -0.3 is 130 Å². The summed E-state index contributed by atoms with van der Waals surface area (Å²) in [4.78, 5) is 86.1. The van der Waals surface area contributed by atoms with Gasteiger partial charge >= 0.3 is 23.9 Å². The van der Waals surface area contributed by atoms with E-state index >= 15 is 0 Å². The number of amides is 3. The molecule has 0 aliphatic rings. The fraction of sp³-hybridized carbons (Fsp3) is 0.408. The molecule has 0 saturated heterocycles. The maximum Gasteiger partial charge on any atom is 0.365 e. The van der Waals surface area contributed by atoms with Crippen LogP contribution in [0.4, 0.5) is 11.4 Å². The number of hydrogen-bond donors (Lipinski definition) is 3. The first-order chi connectivity index (χ1) is 59.4. The van der Waals surface area contributed by atoms with Gasteiger partial charge in [0.15, 0.2) is 12.1 Å². The normalized spacial score (nSPS) is 11.2. The van der Waals surface area contributed by atoms with Crippen molar-refractivity contribution < 1.29 is 148 Å². The van der Waals surface area contributed by atoms with Crippen molar-refractivity contribution in [3.8, 4) is 34.5 Å². The fourth-order valence-electron chi connectivity index (χ4n) is 13.1. The molecule has 9 aromatic rings. The van der Waals surface area contributed by atoms with E-state index in [0.29, 0.717) is 93.3 Å². The maximum absolute atomic E-state index is 12.9. The Morgan fingerprint density at radius 1 is 0.362 bits per heavy atom. The quantitative estimate of drug-likeness (QED) is 0.0106. The molecule has 3 N–H and O–H groups in total. The van der Waals surface area contributed by atoms with Crippen LogP contribution in [0.2, 0.25) is 20.1 Å². The molecule has 27 heteroatoms. The lowest BCUT2D eigenvalue weighted by molar-refractivity contribution is -0.887. The zero-order valence-electron chi connectivity index (χ0n) is 74.7. The molecular weight excluding hydrogens is 2070 g/mol. The second-order valence-electron chi connectivity index (χ2n) is 33.3. The molecule has 0 radical (unpaired) electrons. The van der Waals surface area contributed by atoms with Gasteiger partial charge in [0.25, 0.3) is 5.91 Å². The van der Waals surface area contributed by atoms with Crippen LogP contribution in [0.3, 0.4) is 0 Å². The zero-order valence-corrected chi connectivity index (χ0v) is 84.2. The Kier molecular flexibility index (Phi) is 59.7. The highest BCUT2D eigenvalue weighted by molar-refractivity contribution is 6.43. The molecule has 3 amide bonds. The SMILES string of the molecule is C.C.C.CC(=O)Nc1ccc(C(=O)Oc2ccc(OCCCCCCCCOC(=O)C(Cc3ccccc3)[N+](C)(C)C)cc2)cc1.C[N+](C)(C)C(Cc1ccccc1)C(=O)NCCCCCCCCOc1ccc(OC(=O)c2cc(Cl)ccc2Cl)cc1.C[N+](C)(C)c1ccc(CC(=O)NCCCCCCCCOc2ccc(OC(=O)c3cccc(Cl)c3Cl)cc2)cc1.[I-].[I-].[I-]. The van der Waals surface area contributed by atoms with Gasteiger partial charge in [-0.3, -0.25) is 18.9 Å². The average Bonchev–Trinajstić information content (AvgIpc) is 0.773.